The highest BCUT2D eigenvalue weighted by Gasteiger charge is 2.18. The molecule has 0 radical (unpaired) electrons. The molecule has 6 aromatic rings. The van der Waals surface area contributed by atoms with Crippen molar-refractivity contribution in [3.63, 3.8) is 0 Å². The van der Waals surface area contributed by atoms with Crippen molar-refractivity contribution in [3.8, 4) is 33.8 Å². The first kappa shape index (κ1) is 25.4. The Morgan fingerprint density at radius 3 is 2.54 bits per heavy atom. The number of aromatic nitrogens is 6. The molecule has 0 aliphatic heterocycles. The van der Waals surface area contributed by atoms with Gasteiger partial charge in [0.05, 0.1) is 23.6 Å². The van der Waals surface area contributed by atoms with Crippen LogP contribution in [0.1, 0.15) is 22.6 Å². The fourth-order valence-electron chi connectivity index (χ4n) is 4.69. The lowest BCUT2D eigenvalue weighted by atomic mass is 9.98. The quantitative estimate of drug-likeness (QED) is 0.160. The van der Waals surface area contributed by atoms with Crippen LogP contribution in [0.25, 0.3) is 39.4 Å². The molecule has 0 atom stereocenters. The number of H-pyrrole nitrogens is 1. The minimum atomic E-state index is 0.543. The third kappa shape index (κ3) is 5.47. The van der Waals surface area contributed by atoms with Gasteiger partial charge in [-0.25, -0.2) is 17.6 Å². The second-order valence-electron chi connectivity index (χ2n) is 9.39. The van der Waals surface area contributed by atoms with Crippen LogP contribution in [0.2, 0.25) is 0 Å². The first-order valence-electron chi connectivity index (χ1n) is 12.7. The minimum absolute atomic E-state index is 0.543. The normalized spacial score (nSPS) is 11.5. The maximum absolute atomic E-state index is 5.79. The molecule has 3 N–H and O–H groups in total. The molecule has 194 valence electrons. The summed E-state index contributed by atoms with van der Waals surface area (Å²) in [5, 5.41) is 4.30. The van der Waals surface area contributed by atoms with Crippen molar-refractivity contribution < 1.29 is 0 Å². The Morgan fingerprint density at radius 2 is 1.72 bits per heavy atom. The highest BCUT2D eigenvalue weighted by atomic mass is 127. The standard InChI is InChI=1S/C30H27IN8/c1-20-5-4-8-26(35-20)30-29(24-13-14-28-33-19-34-39(28)17-24)36-27(37-30)18-38(31)16-23-6-2-3-7-25(23)22-11-9-21(15-32)10-12-22/h2-14,17,19H,15-16,18,32H2,1H3,(H,36,37). The van der Waals surface area contributed by atoms with Crippen LogP contribution in [0.4, 0.5) is 0 Å². The number of aryl methyl sites for hydroxylation is 1. The average molecular weight is 627 g/mol. The molecular weight excluding hydrogens is 599 g/mol. The Kier molecular flexibility index (Phi) is 7.18. The van der Waals surface area contributed by atoms with Crippen molar-refractivity contribution in [2.45, 2.75) is 26.6 Å². The fraction of sp³-hybridized carbons (Fsp3) is 0.133. The van der Waals surface area contributed by atoms with Crippen molar-refractivity contribution in [2.24, 2.45) is 5.73 Å². The Hall–Kier alpha value is -3.93. The number of pyridine rings is 2. The summed E-state index contributed by atoms with van der Waals surface area (Å²) in [6.45, 7) is 3.93. The van der Waals surface area contributed by atoms with Crippen LogP contribution < -0.4 is 5.73 Å². The van der Waals surface area contributed by atoms with E-state index < -0.39 is 0 Å². The molecule has 39 heavy (non-hydrogen) atoms. The van der Waals surface area contributed by atoms with Crippen LogP contribution in [0.15, 0.2) is 91.4 Å². The van der Waals surface area contributed by atoms with Gasteiger partial charge < -0.3 is 10.7 Å². The number of aromatic amines is 1. The van der Waals surface area contributed by atoms with E-state index >= 15 is 0 Å². The molecule has 2 aromatic carbocycles. The Bertz CT molecular complexity index is 1740. The van der Waals surface area contributed by atoms with Gasteiger partial charge in [-0.1, -0.05) is 54.6 Å². The van der Waals surface area contributed by atoms with E-state index in [1.165, 1.54) is 16.7 Å². The molecular formula is C30H27IN8. The van der Waals surface area contributed by atoms with Crippen molar-refractivity contribution in [1.82, 2.24) is 32.7 Å². The minimum Gasteiger partial charge on any atom is -0.339 e. The number of nitrogens with one attached hydrogen (secondary N) is 1. The molecule has 8 nitrogen and oxygen atoms in total. The van der Waals surface area contributed by atoms with Crippen LogP contribution in [0.3, 0.4) is 0 Å². The smallest absolute Gasteiger partial charge is 0.155 e. The second-order valence-corrected chi connectivity index (χ2v) is 10.8. The number of rotatable bonds is 8. The number of hydrogen-bond acceptors (Lipinski definition) is 6. The van der Waals surface area contributed by atoms with Gasteiger partial charge in [0, 0.05) is 53.4 Å². The van der Waals surface area contributed by atoms with Crippen molar-refractivity contribution >= 4 is 28.5 Å². The summed E-state index contributed by atoms with van der Waals surface area (Å²) in [6.07, 6.45) is 3.51. The number of imidazole rings is 1. The van der Waals surface area contributed by atoms with E-state index in [-0.39, 0.29) is 0 Å². The van der Waals surface area contributed by atoms with Crippen molar-refractivity contribution in [1.29, 1.82) is 0 Å². The second kappa shape index (κ2) is 11.0. The first-order chi connectivity index (χ1) is 19.1. The van der Waals surface area contributed by atoms with E-state index in [4.69, 9.17) is 15.7 Å². The summed E-state index contributed by atoms with van der Waals surface area (Å²) in [5.74, 6) is 0.862. The van der Waals surface area contributed by atoms with Crippen LogP contribution in [-0.4, -0.2) is 32.7 Å². The lowest BCUT2D eigenvalue weighted by molar-refractivity contribution is 0.490. The third-order valence-corrected chi connectivity index (χ3v) is 7.31. The molecule has 0 spiro atoms. The van der Waals surface area contributed by atoms with E-state index in [0.717, 1.165) is 51.9 Å². The van der Waals surface area contributed by atoms with E-state index in [2.05, 4.69) is 89.6 Å². The zero-order valence-corrected chi connectivity index (χ0v) is 23.6. The van der Waals surface area contributed by atoms with Crippen LogP contribution >= 0.6 is 22.9 Å². The molecule has 4 heterocycles. The fourth-order valence-corrected chi connectivity index (χ4v) is 5.38. The first-order valence-corrected chi connectivity index (χ1v) is 13.6. The third-order valence-electron chi connectivity index (χ3n) is 6.63. The Morgan fingerprint density at radius 1 is 0.897 bits per heavy atom. The molecule has 0 aliphatic carbocycles. The SMILES string of the molecule is Cc1cccc(-c2[nH]c(CN(I)Cc3ccccc3-c3ccc(CN)cc3)nc2-c2ccc3ncnn3c2)n1. The van der Waals surface area contributed by atoms with Crippen LogP contribution in [-0.2, 0) is 19.6 Å². The molecule has 0 fully saturated rings. The number of nitrogens with two attached hydrogens (primary N) is 1. The van der Waals surface area contributed by atoms with Gasteiger partial charge in [0.2, 0.25) is 0 Å². The van der Waals surface area contributed by atoms with Crippen molar-refractivity contribution in [2.75, 3.05) is 0 Å². The van der Waals surface area contributed by atoms with Gasteiger partial charge in [-0.05, 0) is 53.4 Å². The summed E-state index contributed by atoms with van der Waals surface area (Å²) < 4.78 is 4.00. The average Bonchev–Trinajstić information content (AvgIpc) is 3.60. The lowest BCUT2D eigenvalue weighted by Gasteiger charge is -2.16. The summed E-state index contributed by atoms with van der Waals surface area (Å²) in [7, 11) is 0. The summed E-state index contributed by atoms with van der Waals surface area (Å²) in [4.78, 5) is 17.6. The predicted octanol–water partition coefficient (Wildman–Crippen LogP) is 5.97. The number of hydrogen-bond donors (Lipinski definition) is 2. The molecule has 6 rings (SSSR count). The van der Waals surface area contributed by atoms with Gasteiger partial charge in [-0.15, -0.1) is 0 Å². The lowest BCUT2D eigenvalue weighted by Crippen LogP contribution is -2.12. The van der Waals surface area contributed by atoms with Gasteiger partial charge in [0.1, 0.15) is 12.2 Å². The van der Waals surface area contributed by atoms with E-state index in [0.29, 0.717) is 13.1 Å². The summed E-state index contributed by atoms with van der Waals surface area (Å²) >= 11 is 2.38. The van der Waals surface area contributed by atoms with Gasteiger partial charge in [-0.2, -0.15) is 5.10 Å². The van der Waals surface area contributed by atoms with Gasteiger partial charge in [0.25, 0.3) is 0 Å². The molecule has 0 saturated heterocycles. The zero-order valence-electron chi connectivity index (χ0n) is 21.4. The molecule has 9 heteroatoms. The maximum Gasteiger partial charge on any atom is 0.155 e. The highest BCUT2D eigenvalue weighted by molar-refractivity contribution is 14.1. The zero-order chi connectivity index (χ0) is 26.8. The van der Waals surface area contributed by atoms with Crippen LogP contribution in [0, 0.1) is 6.92 Å². The van der Waals surface area contributed by atoms with Gasteiger partial charge >= 0.3 is 0 Å². The molecule has 0 unspecified atom stereocenters. The Labute approximate surface area is 240 Å². The topological polar surface area (TPSA) is 101 Å². The number of benzene rings is 2. The van der Waals surface area contributed by atoms with E-state index in [1.807, 2.05) is 43.5 Å². The monoisotopic (exact) mass is 626 g/mol. The summed E-state index contributed by atoms with van der Waals surface area (Å²) in [6, 6.07) is 27.0. The number of nitrogens with zero attached hydrogens (tertiary/aromatic N) is 6. The van der Waals surface area contributed by atoms with Crippen LogP contribution in [0.5, 0.6) is 0 Å². The molecule has 4 aromatic heterocycles. The van der Waals surface area contributed by atoms with Crippen molar-refractivity contribution in [3.05, 3.63) is 114 Å². The summed E-state index contributed by atoms with van der Waals surface area (Å²) in [5.41, 5.74) is 15.8. The number of halogens is 1. The largest absolute Gasteiger partial charge is 0.339 e. The highest BCUT2D eigenvalue weighted by Crippen LogP contribution is 2.31. The molecule has 0 bridgehead atoms. The molecule has 0 aliphatic rings. The maximum atomic E-state index is 5.79. The predicted molar refractivity (Wildman–Crippen MR) is 162 cm³/mol. The Balaban J connectivity index is 1.30. The van der Waals surface area contributed by atoms with Gasteiger partial charge in [-0.3, -0.25) is 4.98 Å². The van der Waals surface area contributed by atoms with Gasteiger partial charge in [0.15, 0.2) is 5.65 Å². The number of fused-ring (bicyclic) bond motifs is 1. The molecule has 0 saturated carbocycles. The molecule has 0 amide bonds. The van der Waals surface area contributed by atoms with E-state index in [1.54, 1.807) is 10.8 Å². The van der Waals surface area contributed by atoms with E-state index in [9.17, 15) is 0 Å².